The van der Waals surface area contributed by atoms with Crippen LogP contribution in [0, 0.1) is 5.92 Å². The molecule has 0 saturated carbocycles. The van der Waals surface area contributed by atoms with E-state index in [4.69, 9.17) is 14.2 Å². The van der Waals surface area contributed by atoms with E-state index in [1.807, 2.05) is 0 Å². The zero-order chi connectivity index (χ0) is 14.4. The molecule has 1 saturated heterocycles. The number of ether oxygens (including phenoxy) is 3. The maximum absolute atomic E-state index is 11.3. The van der Waals surface area contributed by atoms with Crippen LogP contribution in [0.25, 0.3) is 0 Å². The van der Waals surface area contributed by atoms with Gasteiger partial charge in [-0.15, -0.1) is 0 Å². The molecule has 0 radical (unpaired) electrons. The summed E-state index contributed by atoms with van der Waals surface area (Å²) in [6.45, 7) is 11.2. The van der Waals surface area contributed by atoms with Crippen molar-refractivity contribution < 1.29 is 23.8 Å². The number of carbonyl (C=O) groups excluding carboxylic acids is 2. The van der Waals surface area contributed by atoms with Crippen molar-refractivity contribution in [3.05, 3.63) is 24.3 Å². The third-order valence-corrected chi connectivity index (χ3v) is 2.85. The fourth-order valence-electron chi connectivity index (χ4n) is 1.65. The average Bonchev–Trinajstić information content (AvgIpc) is 2.79. The van der Waals surface area contributed by atoms with Crippen LogP contribution in [0.15, 0.2) is 24.3 Å². The molecule has 0 amide bonds. The molecule has 1 aliphatic rings. The minimum Gasteiger partial charge on any atom is -0.462 e. The Balaban J connectivity index is 2.37. The summed E-state index contributed by atoms with van der Waals surface area (Å²) in [5.74, 6) is -0.806. The van der Waals surface area contributed by atoms with Crippen molar-refractivity contribution in [2.45, 2.75) is 26.4 Å². The number of rotatable bonds is 6. The Kier molecular flexibility index (Phi) is 5.76. The molecule has 5 nitrogen and oxygen atoms in total. The molecule has 1 fully saturated rings. The fraction of sp³-hybridized carbons (Fsp3) is 0.571. The van der Waals surface area contributed by atoms with Crippen molar-refractivity contribution >= 4 is 11.9 Å². The van der Waals surface area contributed by atoms with E-state index in [1.165, 1.54) is 0 Å². The maximum atomic E-state index is 11.3. The average molecular weight is 268 g/mol. The van der Waals surface area contributed by atoms with Crippen molar-refractivity contribution in [3.63, 3.8) is 0 Å². The Morgan fingerprint density at radius 1 is 1.11 bits per heavy atom. The van der Waals surface area contributed by atoms with Gasteiger partial charge in [0, 0.05) is 23.7 Å². The first-order chi connectivity index (χ1) is 8.91. The molecule has 0 bridgehead atoms. The van der Waals surface area contributed by atoms with E-state index >= 15 is 0 Å². The van der Waals surface area contributed by atoms with Gasteiger partial charge in [0.15, 0.2) is 0 Å². The summed E-state index contributed by atoms with van der Waals surface area (Å²) < 4.78 is 15.6. The number of esters is 2. The van der Waals surface area contributed by atoms with Crippen molar-refractivity contribution in [1.29, 1.82) is 0 Å². The minimum atomic E-state index is -0.437. The summed E-state index contributed by atoms with van der Waals surface area (Å²) in [6, 6.07) is 0. The lowest BCUT2D eigenvalue weighted by Gasteiger charge is -2.18. The van der Waals surface area contributed by atoms with Gasteiger partial charge in [0.2, 0.25) is 0 Å². The summed E-state index contributed by atoms with van der Waals surface area (Å²) in [7, 11) is 0. The van der Waals surface area contributed by atoms with E-state index in [1.54, 1.807) is 13.8 Å². The van der Waals surface area contributed by atoms with Gasteiger partial charge in [0.25, 0.3) is 0 Å². The van der Waals surface area contributed by atoms with Gasteiger partial charge in [0.1, 0.15) is 6.61 Å². The van der Waals surface area contributed by atoms with Crippen LogP contribution in [-0.4, -0.2) is 37.9 Å². The lowest BCUT2D eigenvalue weighted by Crippen LogP contribution is -2.28. The SMILES string of the molecule is C=C(C)C(=O)OCC1CCOC1COC(=O)C(=C)C. The van der Waals surface area contributed by atoms with Gasteiger partial charge in [-0.3, -0.25) is 0 Å². The van der Waals surface area contributed by atoms with Crippen LogP contribution >= 0.6 is 0 Å². The molecule has 1 heterocycles. The van der Waals surface area contributed by atoms with Gasteiger partial charge < -0.3 is 14.2 Å². The zero-order valence-electron chi connectivity index (χ0n) is 11.4. The van der Waals surface area contributed by atoms with Gasteiger partial charge in [-0.05, 0) is 20.3 Å². The highest BCUT2D eigenvalue weighted by atomic mass is 16.6. The van der Waals surface area contributed by atoms with Gasteiger partial charge >= 0.3 is 11.9 Å². The second kappa shape index (κ2) is 7.09. The molecule has 0 aliphatic carbocycles. The summed E-state index contributed by atoms with van der Waals surface area (Å²) in [5.41, 5.74) is 0.715. The number of carbonyl (C=O) groups is 2. The van der Waals surface area contributed by atoms with E-state index in [0.717, 1.165) is 6.42 Å². The van der Waals surface area contributed by atoms with Gasteiger partial charge in [0.05, 0.1) is 12.7 Å². The van der Waals surface area contributed by atoms with Crippen LogP contribution in [0.2, 0.25) is 0 Å². The predicted molar refractivity (Wildman–Crippen MR) is 69.4 cm³/mol. The lowest BCUT2D eigenvalue weighted by atomic mass is 10.0. The topological polar surface area (TPSA) is 61.8 Å². The van der Waals surface area contributed by atoms with Crippen LogP contribution in [0.4, 0.5) is 0 Å². The highest BCUT2D eigenvalue weighted by Crippen LogP contribution is 2.22. The normalized spacial score (nSPS) is 21.8. The molecule has 0 aromatic carbocycles. The summed E-state index contributed by atoms with van der Waals surface area (Å²) in [5, 5.41) is 0. The summed E-state index contributed by atoms with van der Waals surface area (Å²) in [6.07, 6.45) is 0.542. The molecule has 2 atom stereocenters. The molecule has 106 valence electrons. The molecule has 19 heavy (non-hydrogen) atoms. The highest BCUT2D eigenvalue weighted by molar-refractivity contribution is 5.87. The molecule has 0 N–H and O–H groups in total. The van der Waals surface area contributed by atoms with Crippen molar-refractivity contribution in [2.75, 3.05) is 19.8 Å². The minimum absolute atomic E-state index is 0.0428. The van der Waals surface area contributed by atoms with Crippen molar-refractivity contribution in [3.8, 4) is 0 Å². The first kappa shape index (κ1) is 15.4. The molecular weight excluding hydrogens is 248 g/mol. The van der Waals surface area contributed by atoms with Crippen LogP contribution in [0.3, 0.4) is 0 Å². The molecule has 1 aliphatic heterocycles. The van der Waals surface area contributed by atoms with Gasteiger partial charge in [-0.1, -0.05) is 13.2 Å². The predicted octanol–water partition coefficient (Wildman–Crippen LogP) is 1.63. The van der Waals surface area contributed by atoms with E-state index in [0.29, 0.717) is 17.8 Å². The third kappa shape index (κ3) is 4.87. The first-order valence-electron chi connectivity index (χ1n) is 6.18. The standard InChI is InChI=1S/C14H20O5/c1-9(2)13(15)18-7-11-5-6-17-12(11)8-19-14(16)10(3)4/h11-12H,1,3,5-8H2,2,4H3. The smallest absolute Gasteiger partial charge is 0.333 e. The van der Waals surface area contributed by atoms with Gasteiger partial charge in [-0.2, -0.15) is 0 Å². The molecule has 5 heteroatoms. The van der Waals surface area contributed by atoms with Crippen molar-refractivity contribution in [2.24, 2.45) is 5.92 Å². The second-order valence-electron chi connectivity index (χ2n) is 4.72. The van der Waals surface area contributed by atoms with E-state index in [9.17, 15) is 9.59 Å². The molecule has 1 rings (SSSR count). The maximum Gasteiger partial charge on any atom is 0.333 e. The zero-order valence-corrected chi connectivity index (χ0v) is 11.4. The third-order valence-electron chi connectivity index (χ3n) is 2.85. The summed E-state index contributed by atoms with van der Waals surface area (Å²) >= 11 is 0. The number of hydrogen-bond acceptors (Lipinski definition) is 5. The molecule has 0 aromatic rings. The van der Waals surface area contributed by atoms with Crippen molar-refractivity contribution in [1.82, 2.24) is 0 Å². The van der Waals surface area contributed by atoms with E-state index in [-0.39, 0.29) is 25.2 Å². The molecule has 2 unspecified atom stereocenters. The largest absolute Gasteiger partial charge is 0.462 e. The molecule has 0 aromatic heterocycles. The van der Waals surface area contributed by atoms with Crippen LogP contribution in [0.1, 0.15) is 20.3 Å². The van der Waals surface area contributed by atoms with Crippen LogP contribution in [0.5, 0.6) is 0 Å². The molecule has 0 spiro atoms. The van der Waals surface area contributed by atoms with Crippen LogP contribution < -0.4 is 0 Å². The first-order valence-corrected chi connectivity index (χ1v) is 6.18. The van der Waals surface area contributed by atoms with E-state index in [2.05, 4.69) is 13.2 Å². The number of hydrogen-bond donors (Lipinski definition) is 0. The second-order valence-corrected chi connectivity index (χ2v) is 4.72. The quantitative estimate of drug-likeness (QED) is 0.541. The Hall–Kier alpha value is -1.62. The highest BCUT2D eigenvalue weighted by Gasteiger charge is 2.30. The summed E-state index contributed by atoms with van der Waals surface area (Å²) in [4.78, 5) is 22.6. The Labute approximate surface area is 113 Å². The Morgan fingerprint density at radius 2 is 1.63 bits per heavy atom. The fourth-order valence-corrected chi connectivity index (χ4v) is 1.65. The molecular formula is C14H20O5. The van der Waals surface area contributed by atoms with E-state index < -0.39 is 11.9 Å². The Bertz CT molecular complexity index is 349. The van der Waals surface area contributed by atoms with Gasteiger partial charge in [-0.25, -0.2) is 9.59 Å². The van der Waals surface area contributed by atoms with Crippen LogP contribution in [-0.2, 0) is 23.8 Å². The Morgan fingerprint density at radius 3 is 2.16 bits per heavy atom. The lowest BCUT2D eigenvalue weighted by molar-refractivity contribution is -0.146. The monoisotopic (exact) mass is 268 g/mol.